The molecule has 1 N–H and O–H groups in total. The molecular formula is C13H16O6S2. The zero-order valence-electron chi connectivity index (χ0n) is 11.4. The minimum absolute atomic E-state index is 0.0561. The molecule has 1 aromatic rings. The van der Waals surface area contributed by atoms with Crippen molar-refractivity contribution in [3.8, 4) is 0 Å². The Morgan fingerprint density at radius 1 is 1.38 bits per heavy atom. The fourth-order valence-electron chi connectivity index (χ4n) is 2.44. The third-order valence-electron chi connectivity index (χ3n) is 3.65. The second-order valence-corrected chi connectivity index (χ2v) is 9.50. The first-order chi connectivity index (χ1) is 9.67. The molecule has 0 radical (unpaired) electrons. The number of hydrogen-bond donors (Lipinski definition) is 1. The van der Waals surface area contributed by atoms with Crippen molar-refractivity contribution >= 4 is 25.6 Å². The number of benzene rings is 1. The van der Waals surface area contributed by atoms with Gasteiger partial charge in [0.1, 0.15) is 0 Å². The number of aromatic carboxylic acids is 1. The highest BCUT2D eigenvalue weighted by Crippen LogP contribution is 2.27. The Bertz CT molecular complexity index is 777. The van der Waals surface area contributed by atoms with Crippen LogP contribution < -0.4 is 0 Å². The van der Waals surface area contributed by atoms with Gasteiger partial charge in [-0.2, -0.15) is 0 Å². The van der Waals surface area contributed by atoms with E-state index in [4.69, 9.17) is 5.11 Å². The number of rotatable bonds is 4. The van der Waals surface area contributed by atoms with Gasteiger partial charge in [-0.25, -0.2) is 21.6 Å². The molecular weight excluding hydrogens is 316 g/mol. The molecule has 8 heteroatoms. The fourth-order valence-corrected chi connectivity index (χ4v) is 6.82. The second-order valence-electron chi connectivity index (χ2n) is 5.05. The highest BCUT2D eigenvalue weighted by Gasteiger charge is 2.38. The van der Waals surface area contributed by atoms with Gasteiger partial charge in [-0.15, -0.1) is 0 Å². The van der Waals surface area contributed by atoms with E-state index in [0.717, 1.165) is 6.07 Å². The molecule has 0 amide bonds. The summed E-state index contributed by atoms with van der Waals surface area (Å²) in [5, 5.41) is 8.16. The number of sulfone groups is 2. The van der Waals surface area contributed by atoms with Crippen molar-refractivity contribution < 1.29 is 26.7 Å². The minimum Gasteiger partial charge on any atom is -0.478 e. The Balaban J connectivity index is 2.46. The molecule has 0 spiro atoms. The molecule has 1 aliphatic rings. The topological polar surface area (TPSA) is 106 Å². The van der Waals surface area contributed by atoms with Gasteiger partial charge in [0.2, 0.25) is 0 Å². The lowest BCUT2D eigenvalue weighted by molar-refractivity contribution is 0.0695. The van der Waals surface area contributed by atoms with Gasteiger partial charge >= 0.3 is 5.97 Å². The van der Waals surface area contributed by atoms with Crippen LogP contribution >= 0.6 is 0 Å². The summed E-state index contributed by atoms with van der Waals surface area (Å²) >= 11 is 0. The molecule has 0 bridgehead atoms. The average Bonchev–Trinajstić information content (AvgIpc) is 2.78. The predicted octanol–water partition coefficient (Wildman–Crippen LogP) is 0.908. The van der Waals surface area contributed by atoms with Crippen molar-refractivity contribution in [2.75, 3.05) is 11.5 Å². The van der Waals surface area contributed by atoms with Crippen LogP contribution in [0, 0.1) is 0 Å². The van der Waals surface area contributed by atoms with Crippen LogP contribution in [0.25, 0.3) is 0 Å². The summed E-state index contributed by atoms with van der Waals surface area (Å²) in [6.07, 6.45) is 0.530. The van der Waals surface area contributed by atoms with Gasteiger partial charge in [-0.3, -0.25) is 0 Å². The van der Waals surface area contributed by atoms with Crippen molar-refractivity contribution in [3.63, 3.8) is 0 Å². The number of hydrogen-bond acceptors (Lipinski definition) is 5. The first kappa shape index (κ1) is 16.0. The van der Waals surface area contributed by atoms with Crippen LogP contribution in [-0.4, -0.2) is 44.7 Å². The van der Waals surface area contributed by atoms with Gasteiger partial charge < -0.3 is 5.11 Å². The zero-order valence-corrected chi connectivity index (χ0v) is 13.1. The van der Waals surface area contributed by atoms with Crippen LogP contribution in [0.4, 0.5) is 0 Å². The molecule has 1 aliphatic heterocycles. The van der Waals surface area contributed by atoms with E-state index < -0.39 is 36.6 Å². The molecule has 1 unspecified atom stereocenters. The van der Waals surface area contributed by atoms with E-state index in [0.29, 0.717) is 12.0 Å². The molecule has 1 fully saturated rings. The van der Waals surface area contributed by atoms with Crippen molar-refractivity contribution in [2.24, 2.45) is 0 Å². The lowest BCUT2D eigenvalue weighted by Crippen LogP contribution is -2.23. The van der Waals surface area contributed by atoms with Gasteiger partial charge in [0.05, 0.1) is 27.2 Å². The van der Waals surface area contributed by atoms with Crippen LogP contribution in [-0.2, 0) is 26.1 Å². The molecule has 6 nitrogen and oxygen atoms in total. The molecule has 2 rings (SSSR count). The SMILES string of the molecule is CCc1ccc(S(=O)(=O)C2CCS(=O)(=O)C2)cc1C(=O)O. The van der Waals surface area contributed by atoms with Crippen molar-refractivity contribution in [1.82, 2.24) is 0 Å². The third kappa shape index (κ3) is 3.11. The Morgan fingerprint density at radius 3 is 2.52 bits per heavy atom. The van der Waals surface area contributed by atoms with Gasteiger partial charge in [-0.1, -0.05) is 13.0 Å². The highest BCUT2D eigenvalue weighted by atomic mass is 32.2. The maximum atomic E-state index is 12.4. The standard InChI is InChI=1S/C13H16O6S2/c1-2-9-3-4-10(7-12(9)13(14)15)21(18,19)11-5-6-20(16,17)8-11/h3-4,7,11H,2,5-6,8H2,1H3,(H,14,15). The number of carbonyl (C=O) groups is 1. The number of aryl methyl sites for hydroxylation is 1. The third-order valence-corrected chi connectivity index (χ3v) is 7.82. The monoisotopic (exact) mass is 332 g/mol. The van der Waals surface area contributed by atoms with Crippen LogP contribution in [0.15, 0.2) is 23.1 Å². The van der Waals surface area contributed by atoms with Crippen LogP contribution in [0.3, 0.4) is 0 Å². The quantitative estimate of drug-likeness (QED) is 0.878. The van der Waals surface area contributed by atoms with E-state index in [-0.39, 0.29) is 22.6 Å². The Morgan fingerprint density at radius 2 is 2.05 bits per heavy atom. The van der Waals surface area contributed by atoms with Crippen molar-refractivity contribution in [2.45, 2.75) is 29.9 Å². The van der Waals surface area contributed by atoms with Crippen LogP contribution in [0.2, 0.25) is 0 Å². The number of carboxylic acids is 1. The molecule has 0 saturated carbocycles. The Kier molecular flexibility index (Phi) is 4.12. The lowest BCUT2D eigenvalue weighted by atomic mass is 10.1. The van der Waals surface area contributed by atoms with Gasteiger partial charge in [-0.05, 0) is 30.5 Å². The molecule has 116 valence electrons. The zero-order chi connectivity index (χ0) is 15.8. The van der Waals surface area contributed by atoms with Crippen LogP contribution in [0.5, 0.6) is 0 Å². The lowest BCUT2D eigenvalue weighted by Gasteiger charge is -2.12. The van der Waals surface area contributed by atoms with Gasteiger partial charge in [0.25, 0.3) is 0 Å². The summed E-state index contributed by atoms with van der Waals surface area (Å²) < 4.78 is 47.8. The van der Waals surface area contributed by atoms with E-state index in [2.05, 4.69) is 0 Å². The minimum atomic E-state index is -3.83. The van der Waals surface area contributed by atoms with Gasteiger partial charge in [0, 0.05) is 0 Å². The molecule has 1 aromatic carbocycles. The van der Waals surface area contributed by atoms with E-state index in [9.17, 15) is 21.6 Å². The molecule has 21 heavy (non-hydrogen) atoms. The summed E-state index contributed by atoms with van der Waals surface area (Å²) in [4.78, 5) is 11.1. The van der Waals surface area contributed by atoms with Crippen LogP contribution in [0.1, 0.15) is 29.3 Å². The van der Waals surface area contributed by atoms with Crippen molar-refractivity contribution in [1.29, 1.82) is 0 Å². The summed E-state index contributed by atoms with van der Waals surface area (Å²) in [6.45, 7) is 1.78. The largest absolute Gasteiger partial charge is 0.478 e. The summed E-state index contributed by atoms with van der Waals surface area (Å²) in [7, 11) is -7.15. The highest BCUT2D eigenvalue weighted by molar-refractivity contribution is 7.96. The first-order valence-corrected chi connectivity index (χ1v) is 9.84. The summed E-state index contributed by atoms with van der Waals surface area (Å²) in [6, 6.07) is 3.95. The Hall–Kier alpha value is -1.41. The second kappa shape index (κ2) is 5.42. The normalized spacial score (nSPS) is 21.3. The summed E-state index contributed by atoms with van der Waals surface area (Å²) in [5.74, 6) is -1.73. The van der Waals surface area contributed by atoms with E-state index >= 15 is 0 Å². The molecule has 1 heterocycles. The van der Waals surface area contributed by atoms with E-state index in [1.165, 1.54) is 12.1 Å². The maximum absolute atomic E-state index is 12.4. The van der Waals surface area contributed by atoms with E-state index in [1.807, 2.05) is 0 Å². The molecule has 1 atom stereocenters. The fraction of sp³-hybridized carbons (Fsp3) is 0.462. The van der Waals surface area contributed by atoms with Gasteiger partial charge in [0.15, 0.2) is 19.7 Å². The average molecular weight is 332 g/mol. The molecule has 0 aromatic heterocycles. The van der Waals surface area contributed by atoms with Crippen molar-refractivity contribution in [3.05, 3.63) is 29.3 Å². The molecule has 0 aliphatic carbocycles. The smallest absolute Gasteiger partial charge is 0.336 e. The Labute approximate surface area is 123 Å². The van der Waals surface area contributed by atoms with E-state index in [1.54, 1.807) is 6.92 Å². The first-order valence-electron chi connectivity index (χ1n) is 6.48. The number of carboxylic acid groups (broad SMARTS) is 1. The molecule has 1 saturated heterocycles. The predicted molar refractivity (Wildman–Crippen MR) is 77.0 cm³/mol. The summed E-state index contributed by atoms with van der Waals surface area (Å²) in [5.41, 5.74) is 0.486. The maximum Gasteiger partial charge on any atom is 0.336 e.